The highest BCUT2D eigenvalue weighted by Crippen LogP contribution is 2.21. The van der Waals surface area contributed by atoms with Gasteiger partial charge in [0.05, 0.1) is 5.52 Å². The molecule has 0 aliphatic rings. The largest absolute Gasteiger partial charge is 0.357 e. The normalized spacial score (nSPS) is 11.3. The molecule has 0 amide bonds. The molecule has 0 aliphatic carbocycles. The number of aromatic nitrogens is 1. The second-order valence-corrected chi connectivity index (χ2v) is 5.47. The van der Waals surface area contributed by atoms with E-state index in [1.807, 2.05) is 25.1 Å². The Morgan fingerprint density at radius 3 is 2.62 bits per heavy atom. The maximum absolute atomic E-state index is 12.3. The fraction of sp³-hybridized carbons (Fsp3) is 0.308. The van der Waals surface area contributed by atoms with Gasteiger partial charge in [0.25, 0.3) is 0 Å². The summed E-state index contributed by atoms with van der Waals surface area (Å²) in [6.07, 6.45) is 0. The van der Waals surface area contributed by atoms with Crippen LogP contribution in [0.1, 0.15) is 31.0 Å². The molecular weight excluding hydrogens is 313 g/mol. The molecule has 0 atom stereocenters. The van der Waals surface area contributed by atoms with Crippen molar-refractivity contribution in [2.75, 3.05) is 0 Å². The molecule has 2 aromatic rings. The van der Waals surface area contributed by atoms with Crippen LogP contribution < -0.4 is 5.43 Å². The van der Waals surface area contributed by atoms with Crippen LogP contribution in [0.5, 0.6) is 0 Å². The number of nitrogens with one attached hydrogen (secondary N) is 1. The minimum Gasteiger partial charge on any atom is -0.357 e. The second kappa shape index (κ2) is 4.20. The van der Waals surface area contributed by atoms with E-state index in [4.69, 9.17) is 0 Å². The molecule has 1 aromatic heterocycles. The van der Waals surface area contributed by atoms with Gasteiger partial charge in [0, 0.05) is 20.2 Å². The van der Waals surface area contributed by atoms with Crippen LogP contribution in [0.2, 0.25) is 0 Å². The van der Waals surface area contributed by atoms with Crippen molar-refractivity contribution in [3.05, 3.63) is 43.2 Å². The van der Waals surface area contributed by atoms with Crippen molar-refractivity contribution in [3.8, 4) is 0 Å². The van der Waals surface area contributed by atoms with E-state index in [9.17, 15) is 4.79 Å². The Morgan fingerprint density at radius 2 is 2.00 bits per heavy atom. The van der Waals surface area contributed by atoms with Crippen LogP contribution in [0.15, 0.2) is 23.0 Å². The Hall–Kier alpha value is -0.840. The van der Waals surface area contributed by atoms with Crippen LogP contribution in [0.4, 0.5) is 0 Å². The minimum atomic E-state index is 0.166. The summed E-state index contributed by atoms with van der Waals surface area (Å²) in [5.74, 6) is 0.256. The number of aromatic amines is 1. The molecule has 2 nitrogen and oxygen atoms in total. The molecule has 0 fully saturated rings. The molecule has 0 bridgehead atoms. The highest BCUT2D eigenvalue weighted by molar-refractivity contribution is 14.1. The van der Waals surface area contributed by atoms with E-state index >= 15 is 0 Å². The molecule has 0 saturated carbocycles. The third kappa shape index (κ3) is 1.77. The lowest BCUT2D eigenvalue weighted by Gasteiger charge is -2.11. The zero-order chi connectivity index (χ0) is 11.9. The fourth-order valence-corrected chi connectivity index (χ4v) is 2.74. The molecular formula is C13H14INO. The zero-order valence-electron chi connectivity index (χ0n) is 9.60. The molecule has 1 aromatic carbocycles. The average molecular weight is 327 g/mol. The SMILES string of the molecule is Cc1[nH]c2c(I)cccc2c(=O)c1C(C)C. The standard InChI is InChI=1S/C13H14INO/c1-7(2)11-8(3)15-12-9(13(11)16)5-4-6-10(12)14/h4-7H,1-3H3,(H,15,16). The topological polar surface area (TPSA) is 32.9 Å². The quantitative estimate of drug-likeness (QED) is 0.798. The van der Waals surface area contributed by atoms with Crippen LogP contribution in [0.25, 0.3) is 10.9 Å². The van der Waals surface area contributed by atoms with Crippen molar-refractivity contribution >= 4 is 33.5 Å². The molecule has 84 valence electrons. The predicted octanol–water partition coefficient (Wildman–Crippen LogP) is 3.56. The summed E-state index contributed by atoms with van der Waals surface area (Å²) in [4.78, 5) is 15.7. The third-order valence-electron chi connectivity index (χ3n) is 2.80. The molecule has 0 radical (unpaired) electrons. The first kappa shape index (κ1) is 11.6. The van der Waals surface area contributed by atoms with Crippen LogP contribution in [-0.4, -0.2) is 4.98 Å². The first-order chi connectivity index (χ1) is 7.52. The van der Waals surface area contributed by atoms with Gasteiger partial charge in [0.15, 0.2) is 5.43 Å². The van der Waals surface area contributed by atoms with Crippen molar-refractivity contribution in [2.45, 2.75) is 26.7 Å². The van der Waals surface area contributed by atoms with E-state index in [2.05, 4.69) is 41.4 Å². The number of H-pyrrole nitrogens is 1. The van der Waals surface area contributed by atoms with Gasteiger partial charge in [0.2, 0.25) is 0 Å². The Balaban J connectivity index is 2.95. The van der Waals surface area contributed by atoms with Crippen molar-refractivity contribution in [1.82, 2.24) is 4.98 Å². The smallest absolute Gasteiger partial charge is 0.193 e. The Labute approximate surface area is 108 Å². The predicted molar refractivity (Wildman–Crippen MR) is 76.1 cm³/mol. The number of hydrogen-bond acceptors (Lipinski definition) is 1. The Kier molecular flexibility index (Phi) is 3.06. The van der Waals surface area contributed by atoms with E-state index < -0.39 is 0 Å². The molecule has 1 heterocycles. The molecule has 1 N–H and O–H groups in total. The molecule has 2 rings (SSSR count). The minimum absolute atomic E-state index is 0.166. The number of halogens is 1. The van der Waals surface area contributed by atoms with Gasteiger partial charge in [-0.3, -0.25) is 4.79 Å². The summed E-state index contributed by atoms with van der Waals surface area (Å²) in [6, 6.07) is 5.83. The summed E-state index contributed by atoms with van der Waals surface area (Å²) in [6.45, 7) is 6.08. The Morgan fingerprint density at radius 1 is 1.31 bits per heavy atom. The van der Waals surface area contributed by atoms with E-state index in [1.165, 1.54) is 0 Å². The monoisotopic (exact) mass is 327 g/mol. The highest BCUT2D eigenvalue weighted by atomic mass is 127. The van der Waals surface area contributed by atoms with Crippen molar-refractivity contribution in [2.24, 2.45) is 0 Å². The van der Waals surface area contributed by atoms with Crippen molar-refractivity contribution in [1.29, 1.82) is 0 Å². The zero-order valence-corrected chi connectivity index (χ0v) is 11.8. The van der Waals surface area contributed by atoms with E-state index in [0.29, 0.717) is 0 Å². The molecule has 16 heavy (non-hydrogen) atoms. The van der Waals surface area contributed by atoms with Gasteiger partial charge in [-0.25, -0.2) is 0 Å². The van der Waals surface area contributed by atoms with Gasteiger partial charge < -0.3 is 4.98 Å². The summed E-state index contributed by atoms with van der Waals surface area (Å²) in [7, 11) is 0. The number of aryl methyl sites for hydroxylation is 1. The maximum atomic E-state index is 12.3. The summed E-state index contributed by atoms with van der Waals surface area (Å²) in [5, 5.41) is 0.793. The fourth-order valence-electron chi connectivity index (χ4n) is 2.11. The van der Waals surface area contributed by atoms with Crippen molar-refractivity contribution in [3.63, 3.8) is 0 Å². The average Bonchev–Trinajstić information content (AvgIpc) is 2.19. The van der Waals surface area contributed by atoms with E-state index in [-0.39, 0.29) is 11.3 Å². The third-order valence-corrected chi connectivity index (χ3v) is 3.70. The van der Waals surface area contributed by atoms with Crippen molar-refractivity contribution < 1.29 is 0 Å². The molecule has 0 aliphatic heterocycles. The highest BCUT2D eigenvalue weighted by Gasteiger charge is 2.13. The number of pyridine rings is 1. The first-order valence-corrected chi connectivity index (χ1v) is 6.41. The molecule has 0 unspecified atom stereocenters. The number of rotatable bonds is 1. The lowest BCUT2D eigenvalue weighted by atomic mass is 9.99. The second-order valence-electron chi connectivity index (χ2n) is 4.31. The lowest BCUT2D eigenvalue weighted by molar-refractivity contribution is 0.838. The molecule has 0 spiro atoms. The van der Waals surface area contributed by atoms with Gasteiger partial charge >= 0.3 is 0 Å². The first-order valence-electron chi connectivity index (χ1n) is 5.33. The van der Waals surface area contributed by atoms with Crippen LogP contribution in [0.3, 0.4) is 0 Å². The summed E-state index contributed by atoms with van der Waals surface area (Å²) in [5.41, 5.74) is 3.00. The number of benzene rings is 1. The maximum Gasteiger partial charge on any atom is 0.193 e. The van der Waals surface area contributed by atoms with E-state index in [1.54, 1.807) is 0 Å². The molecule has 0 saturated heterocycles. The van der Waals surface area contributed by atoms with Gasteiger partial charge in [-0.1, -0.05) is 19.9 Å². The van der Waals surface area contributed by atoms with Gasteiger partial charge in [-0.05, 0) is 47.6 Å². The number of fused-ring (bicyclic) bond motifs is 1. The van der Waals surface area contributed by atoms with Crippen LogP contribution in [0, 0.1) is 10.5 Å². The van der Waals surface area contributed by atoms with Crippen LogP contribution >= 0.6 is 22.6 Å². The van der Waals surface area contributed by atoms with Gasteiger partial charge in [-0.2, -0.15) is 0 Å². The van der Waals surface area contributed by atoms with E-state index in [0.717, 1.165) is 25.7 Å². The van der Waals surface area contributed by atoms with Gasteiger partial charge in [-0.15, -0.1) is 0 Å². The van der Waals surface area contributed by atoms with Crippen LogP contribution in [-0.2, 0) is 0 Å². The lowest BCUT2D eigenvalue weighted by Crippen LogP contribution is -2.15. The summed E-state index contributed by atoms with van der Waals surface area (Å²) < 4.78 is 1.09. The number of para-hydroxylation sites is 1. The summed E-state index contributed by atoms with van der Waals surface area (Å²) >= 11 is 2.25. The Bertz CT molecular complexity index is 599. The van der Waals surface area contributed by atoms with Gasteiger partial charge in [0.1, 0.15) is 0 Å². The molecule has 3 heteroatoms. The number of hydrogen-bond donors (Lipinski definition) is 1.